The van der Waals surface area contributed by atoms with E-state index in [4.69, 9.17) is 9.47 Å². The molecule has 0 bridgehead atoms. The van der Waals surface area contributed by atoms with E-state index in [1.807, 2.05) is 13.0 Å². The van der Waals surface area contributed by atoms with Crippen molar-refractivity contribution in [3.8, 4) is 5.75 Å². The first-order chi connectivity index (χ1) is 13.0. The van der Waals surface area contributed by atoms with Crippen molar-refractivity contribution >= 4 is 21.6 Å². The highest BCUT2D eigenvalue weighted by molar-refractivity contribution is 7.89. The maximum absolute atomic E-state index is 12.5. The molecule has 0 aliphatic rings. The fraction of sp³-hybridized carbons (Fsp3) is 0.316. The number of rotatable bonds is 10. The van der Waals surface area contributed by atoms with Gasteiger partial charge in [0.05, 0.1) is 17.7 Å². The third kappa shape index (κ3) is 6.06. The van der Waals surface area contributed by atoms with E-state index in [-0.39, 0.29) is 23.0 Å². The molecule has 2 aromatic rings. The summed E-state index contributed by atoms with van der Waals surface area (Å²) in [4.78, 5) is 12.4. The van der Waals surface area contributed by atoms with E-state index in [9.17, 15) is 13.2 Å². The summed E-state index contributed by atoms with van der Waals surface area (Å²) in [6.45, 7) is 3.22. The van der Waals surface area contributed by atoms with Gasteiger partial charge in [0.15, 0.2) is 0 Å². The van der Waals surface area contributed by atoms with Gasteiger partial charge in [-0.05, 0) is 43.7 Å². The molecule has 7 nitrogen and oxygen atoms in total. The second-order valence-electron chi connectivity index (χ2n) is 5.63. The summed E-state index contributed by atoms with van der Waals surface area (Å²) in [5.41, 5.74) is 0.741. The van der Waals surface area contributed by atoms with Crippen LogP contribution in [-0.2, 0) is 14.8 Å². The van der Waals surface area contributed by atoms with E-state index in [1.54, 1.807) is 24.3 Å². The Balaban J connectivity index is 2.15. The Kier molecular flexibility index (Phi) is 7.78. The minimum Gasteiger partial charge on any atom is -0.495 e. The lowest BCUT2D eigenvalue weighted by Crippen LogP contribution is -2.25. The average Bonchev–Trinajstić information content (AvgIpc) is 2.68. The molecule has 146 valence electrons. The van der Waals surface area contributed by atoms with Gasteiger partial charge in [-0.25, -0.2) is 13.1 Å². The van der Waals surface area contributed by atoms with Crippen LogP contribution in [0.25, 0.3) is 0 Å². The standard InChI is InChI=1S/C19H24N2O5S/c1-3-26-13-7-12-20-27(23,24)16-10-11-18(25-2)17(14-16)21-19(22)15-8-5-4-6-9-15/h4-6,8-11,14,20H,3,7,12-13H2,1-2H3,(H,21,22). The highest BCUT2D eigenvalue weighted by Gasteiger charge is 2.17. The topological polar surface area (TPSA) is 93.7 Å². The van der Waals surface area contributed by atoms with Crippen LogP contribution in [0, 0.1) is 0 Å². The molecule has 0 atom stereocenters. The number of methoxy groups -OCH3 is 1. The molecule has 0 aliphatic carbocycles. The normalized spacial score (nSPS) is 11.2. The molecule has 2 aromatic carbocycles. The van der Waals surface area contributed by atoms with E-state index in [1.165, 1.54) is 25.3 Å². The molecule has 0 radical (unpaired) electrons. The Morgan fingerprint density at radius 2 is 1.85 bits per heavy atom. The fourth-order valence-corrected chi connectivity index (χ4v) is 3.44. The van der Waals surface area contributed by atoms with Gasteiger partial charge in [0, 0.05) is 25.3 Å². The largest absolute Gasteiger partial charge is 0.495 e. The SMILES string of the molecule is CCOCCCNS(=O)(=O)c1ccc(OC)c(NC(=O)c2ccccc2)c1. The van der Waals surface area contributed by atoms with Gasteiger partial charge >= 0.3 is 0 Å². The zero-order valence-electron chi connectivity index (χ0n) is 15.4. The van der Waals surface area contributed by atoms with Crippen LogP contribution in [0.1, 0.15) is 23.7 Å². The second kappa shape index (κ2) is 10.1. The van der Waals surface area contributed by atoms with E-state index in [2.05, 4.69) is 10.0 Å². The minimum absolute atomic E-state index is 0.0445. The Hall–Kier alpha value is -2.42. The number of sulfonamides is 1. The van der Waals surface area contributed by atoms with Crippen molar-refractivity contribution in [2.24, 2.45) is 0 Å². The van der Waals surface area contributed by atoms with Gasteiger partial charge in [0.25, 0.3) is 5.91 Å². The highest BCUT2D eigenvalue weighted by atomic mass is 32.2. The van der Waals surface area contributed by atoms with Gasteiger partial charge in [-0.15, -0.1) is 0 Å². The van der Waals surface area contributed by atoms with Crippen molar-refractivity contribution < 1.29 is 22.7 Å². The van der Waals surface area contributed by atoms with E-state index < -0.39 is 10.0 Å². The lowest BCUT2D eigenvalue weighted by Gasteiger charge is -2.13. The molecule has 0 unspecified atom stereocenters. The van der Waals surface area contributed by atoms with Gasteiger partial charge in [0.2, 0.25) is 10.0 Å². The van der Waals surface area contributed by atoms with Crippen molar-refractivity contribution in [1.29, 1.82) is 0 Å². The number of benzene rings is 2. The van der Waals surface area contributed by atoms with Crippen molar-refractivity contribution in [2.45, 2.75) is 18.2 Å². The predicted octanol–water partition coefficient (Wildman–Crippen LogP) is 2.65. The molecular weight excluding hydrogens is 368 g/mol. The monoisotopic (exact) mass is 392 g/mol. The first-order valence-electron chi connectivity index (χ1n) is 8.59. The Morgan fingerprint density at radius 3 is 2.52 bits per heavy atom. The van der Waals surface area contributed by atoms with Crippen LogP contribution in [-0.4, -0.2) is 41.2 Å². The lowest BCUT2D eigenvalue weighted by atomic mass is 10.2. The number of ether oxygens (including phenoxy) is 2. The third-order valence-electron chi connectivity index (χ3n) is 3.73. The molecule has 1 amide bonds. The van der Waals surface area contributed by atoms with Crippen LogP contribution in [0.5, 0.6) is 5.75 Å². The number of carbonyl (C=O) groups is 1. The van der Waals surface area contributed by atoms with Crippen LogP contribution < -0.4 is 14.8 Å². The number of hydrogen-bond donors (Lipinski definition) is 2. The van der Waals surface area contributed by atoms with Crippen molar-refractivity contribution in [3.63, 3.8) is 0 Å². The number of anilines is 1. The van der Waals surface area contributed by atoms with Gasteiger partial charge in [0.1, 0.15) is 5.75 Å². The highest BCUT2D eigenvalue weighted by Crippen LogP contribution is 2.28. The molecule has 0 spiro atoms. The van der Waals surface area contributed by atoms with Crippen LogP contribution in [0.4, 0.5) is 5.69 Å². The molecule has 2 N–H and O–H groups in total. The molecule has 27 heavy (non-hydrogen) atoms. The van der Waals surface area contributed by atoms with E-state index in [0.29, 0.717) is 30.9 Å². The molecular formula is C19H24N2O5S. The average molecular weight is 392 g/mol. The Morgan fingerprint density at radius 1 is 1.11 bits per heavy atom. The van der Waals surface area contributed by atoms with Crippen molar-refractivity contribution in [1.82, 2.24) is 4.72 Å². The predicted molar refractivity (Wildman–Crippen MR) is 104 cm³/mol. The Bertz CT molecular complexity index is 854. The molecule has 0 aromatic heterocycles. The molecule has 2 rings (SSSR count). The molecule has 0 heterocycles. The van der Waals surface area contributed by atoms with Crippen LogP contribution in [0.15, 0.2) is 53.4 Å². The van der Waals surface area contributed by atoms with Crippen LogP contribution in [0.2, 0.25) is 0 Å². The third-order valence-corrected chi connectivity index (χ3v) is 5.19. The zero-order valence-corrected chi connectivity index (χ0v) is 16.2. The molecule has 0 aliphatic heterocycles. The zero-order chi connectivity index (χ0) is 19.7. The lowest BCUT2D eigenvalue weighted by molar-refractivity contribution is 0.102. The number of amides is 1. The minimum atomic E-state index is -3.71. The number of nitrogens with one attached hydrogen (secondary N) is 2. The maximum atomic E-state index is 12.5. The molecule has 8 heteroatoms. The first kappa shape index (κ1) is 20.9. The van der Waals surface area contributed by atoms with Crippen molar-refractivity contribution in [3.05, 3.63) is 54.1 Å². The summed E-state index contributed by atoms with van der Waals surface area (Å²) in [6.07, 6.45) is 0.570. The van der Waals surface area contributed by atoms with Gasteiger partial charge in [-0.1, -0.05) is 18.2 Å². The summed E-state index contributed by atoms with van der Waals surface area (Å²) in [5.74, 6) is 0.0164. The number of carbonyl (C=O) groups excluding carboxylic acids is 1. The quantitative estimate of drug-likeness (QED) is 0.606. The maximum Gasteiger partial charge on any atom is 0.255 e. The molecule has 0 saturated carbocycles. The summed E-state index contributed by atoms with van der Waals surface area (Å²) in [7, 11) is -2.26. The van der Waals surface area contributed by atoms with Crippen molar-refractivity contribution in [2.75, 3.05) is 32.2 Å². The smallest absolute Gasteiger partial charge is 0.255 e. The van der Waals surface area contributed by atoms with Crippen LogP contribution in [0.3, 0.4) is 0 Å². The summed E-state index contributed by atoms with van der Waals surface area (Å²) >= 11 is 0. The number of hydrogen-bond acceptors (Lipinski definition) is 5. The Labute approximate surface area is 159 Å². The second-order valence-corrected chi connectivity index (χ2v) is 7.40. The van der Waals surface area contributed by atoms with Crippen LogP contribution >= 0.6 is 0 Å². The first-order valence-corrected chi connectivity index (χ1v) is 10.1. The summed E-state index contributed by atoms with van der Waals surface area (Å²) in [6, 6.07) is 13.0. The van der Waals surface area contributed by atoms with Gasteiger partial charge in [-0.3, -0.25) is 4.79 Å². The molecule has 0 fully saturated rings. The summed E-state index contributed by atoms with van der Waals surface area (Å²) in [5, 5.41) is 2.70. The van der Waals surface area contributed by atoms with E-state index in [0.717, 1.165) is 0 Å². The van der Waals surface area contributed by atoms with Gasteiger partial charge < -0.3 is 14.8 Å². The fourth-order valence-electron chi connectivity index (χ4n) is 2.34. The summed E-state index contributed by atoms with van der Waals surface area (Å²) < 4.78 is 37.9. The van der Waals surface area contributed by atoms with Gasteiger partial charge in [-0.2, -0.15) is 0 Å². The van der Waals surface area contributed by atoms with E-state index >= 15 is 0 Å². The molecule has 0 saturated heterocycles.